The molecule has 8 unspecified atom stereocenters. The minimum atomic E-state index is -1.25. The summed E-state index contributed by atoms with van der Waals surface area (Å²) in [6.07, 6.45) is 36.1. The van der Waals surface area contributed by atoms with Crippen LogP contribution < -0.4 is 71.8 Å². The van der Waals surface area contributed by atoms with Crippen LogP contribution in [0.3, 0.4) is 0 Å². The first-order chi connectivity index (χ1) is 66.2. The number of aromatic nitrogens is 22. The van der Waals surface area contributed by atoms with Gasteiger partial charge in [-0.25, -0.2) is 24.3 Å². The predicted octanol–water partition coefficient (Wildman–Crippen LogP) is 7.98. The molecule has 16 fully saturated rings. The van der Waals surface area contributed by atoms with Gasteiger partial charge in [-0.3, -0.25) is 47.5 Å². The largest absolute Gasteiger partial charge is 0.478 e. The van der Waals surface area contributed by atoms with Crippen LogP contribution in [0.15, 0.2) is 123 Å². The van der Waals surface area contributed by atoms with Gasteiger partial charge in [0.05, 0.1) is 114 Å². The molecule has 16 heterocycles. The average Bonchev–Trinajstić information content (AvgIpc) is 1.67. The lowest BCUT2D eigenvalue weighted by molar-refractivity contribution is -0.126. The van der Waals surface area contributed by atoms with E-state index in [0.29, 0.717) is 153 Å². The topological polar surface area (TPSA) is 428 Å². The summed E-state index contributed by atoms with van der Waals surface area (Å²) in [4.78, 5) is 120. The highest BCUT2D eigenvalue weighted by Crippen LogP contribution is 2.65. The maximum absolute atomic E-state index is 14.8. The van der Waals surface area contributed by atoms with Crippen molar-refractivity contribution in [3.63, 3.8) is 0 Å². The monoisotopic (exact) mass is 1870 g/mol. The second-order valence-electron chi connectivity index (χ2n) is 39.9. The van der Waals surface area contributed by atoms with Crippen molar-refractivity contribution in [3.8, 4) is 23.5 Å². The number of methoxy groups -OCH3 is 4. The molecule has 6 N–H and O–H groups in total. The fraction of sp³-hybridized carbons (Fsp3) is 0.511. The van der Waals surface area contributed by atoms with Crippen LogP contribution in [0.4, 0.5) is 62.0 Å². The molecule has 8 atom stereocenters. The third kappa shape index (κ3) is 15.2. The van der Waals surface area contributed by atoms with Crippen LogP contribution in [0.1, 0.15) is 90.0 Å². The summed E-state index contributed by atoms with van der Waals surface area (Å²) in [5, 5.41) is 36.9. The number of likely N-dealkylation sites (tertiary alicyclic amines) is 2. The quantitative estimate of drug-likeness (QED) is 0.0253. The van der Waals surface area contributed by atoms with E-state index in [4.69, 9.17) is 49.0 Å². The molecule has 0 aromatic carbocycles. The van der Waals surface area contributed by atoms with Crippen molar-refractivity contribution in [3.05, 3.63) is 134 Å². The van der Waals surface area contributed by atoms with E-state index < -0.39 is 18.1 Å². The highest BCUT2D eigenvalue weighted by atomic mass is 19.1. The third-order valence-corrected chi connectivity index (χ3v) is 31.4. The number of hydrogen-bond acceptors (Lipinski definition) is 28. The van der Waals surface area contributed by atoms with Gasteiger partial charge in [-0.2, -0.15) is 19.9 Å². The fourth-order valence-corrected chi connectivity index (χ4v) is 23.2. The van der Waals surface area contributed by atoms with Gasteiger partial charge in [0.15, 0.2) is 34.0 Å². The van der Waals surface area contributed by atoms with Gasteiger partial charge in [0, 0.05) is 117 Å². The second-order valence-corrected chi connectivity index (χ2v) is 39.9. The number of alkyl halides is 1. The number of imidazole rings is 4. The molecular weight excluding hydrogens is 1760 g/mol. The Morgan fingerprint density at radius 2 is 0.883 bits per heavy atom. The minimum absolute atomic E-state index is 0.000829. The number of carbonyl (C=O) groups excluding carboxylic acids is 4. The number of hydrogen-bond donors (Lipinski definition) is 6. The first-order valence-electron chi connectivity index (χ1n) is 47.1. The molecule has 137 heavy (non-hydrogen) atoms. The van der Waals surface area contributed by atoms with E-state index in [-0.39, 0.29) is 70.5 Å². The van der Waals surface area contributed by atoms with Gasteiger partial charge in [0.2, 0.25) is 35.5 Å². The molecule has 16 aliphatic rings. The Kier molecular flexibility index (Phi) is 21.5. The number of pyridine rings is 2. The highest BCUT2D eigenvalue weighted by Gasteiger charge is 2.62. The van der Waals surface area contributed by atoms with Crippen LogP contribution in [0.2, 0.25) is 0 Å². The summed E-state index contributed by atoms with van der Waals surface area (Å²) >= 11 is 0. The van der Waals surface area contributed by atoms with E-state index in [0.717, 1.165) is 142 Å². The van der Waals surface area contributed by atoms with Gasteiger partial charge in [-0.1, -0.05) is 33.2 Å². The number of ether oxygens (including phenoxy) is 4. The Bertz CT molecular complexity index is 6960. The molecule has 4 aliphatic heterocycles. The molecule has 12 aromatic rings. The SMILES string of the molecule is C=CC(=O)N1CC2C(C1)C2Cn1cc(Nc2cn(C)nc2OC)c2ncn(C34CC(C3)C4)c2c1=O.C=CC(=O)N1CC2C(C1)C2Cn1cc(Nc2cn(C)nc2OC)c2ncn(C3CCC3)c2c1=O.C=CC(=O)NC1CN(c2nc(Nc3cn(C)nc3OC)c3ncn(C45CC(C4)C5)c3n2)CC1F.C=CC(=O)NC1CN(c2nc(Nc3cn(C45CC(C4)C5)nc3OC)c3ncn(C)c3n2)CC1C. The Morgan fingerprint density at radius 1 is 0.460 bits per heavy atom. The maximum atomic E-state index is 14.8. The Labute approximate surface area is 785 Å². The Balaban J connectivity index is 0.000000106. The number of fused-ring (bicyclic) bond motifs is 6. The highest BCUT2D eigenvalue weighted by molar-refractivity contribution is 5.94. The van der Waals surface area contributed by atoms with Crippen molar-refractivity contribution in [1.82, 2.24) is 127 Å². The number of nitrogens with zero attached hydrogens (tertiary/aromatic N) is 26. The van der Waals surface area contributed by atoms with E-state index in [9.17, 15) is 33.2 Å². The molecule has 0 radical (unpaired) electrons. The number of aryl methyl sites for hydroxylation is 4. The minimum Gasteiger partial charge on any atom is -0.478 e. The lowest BCUT2D eigenvalue weighted by Crippen LogP contribution is -2.59. The molecular formula is C94H113FN32O10. The number of halogens is 1. The Hall–Kier alpha value is -14.5. The molecule has 4 amide bonds. The number of piperidine rings is 2. The summed E-state index contributed by atoms with van der Waals surface area (Å²) < 4.78 is 55.5. The van der Waals surface area contributed by atoms with Crippen LogP contribution >= 0.6 is 0 Å². The van der Waals surface area contributed by atoms with Gasteiger partial charge in [-0.15, -0.1) is 20.4 Å². The number of carbonyl (C=O) groups is 4. The molecule has 28 rings (SSSR count). The molecule has 6 bridgehead atoms. The lowest BCUT2D eigenvalue weighted by Gasteiger charge is -2.62. The van der Waals surface area contributed by atoms with Gasteiger partial charge >= 0.3 is 0 Å². The summed E-state index contributed by atoms with van der Waals surface area (Å²) in [6.45, 7) is 22.2. The van der Waals surface area contributed by atoms with Crippen molar-refractivity contribution in [2.24, 2.45) is 87.4 Å². The van der Waals surface area contributed by atoms with Crippen LogP contribution in [0.5, 0.6) is 23.5 Å². The average molecular weight is 1870 g/mol. The van der Waals surface area contributed by atoms with Crippen molar-refractivity contribution >= 4 is 126 Å². The maximum Gasteiger partial charge on any atom is 0.276 e. The molecule has 43 heteroatoms. The van der Waals surface area contributed by atoms with Gasteiger partial charge in [0.1, 0.15) is 51.0 Å². The van der Waals surface area contributed by atoms with Gasteiger partial charge < -0.3 is 97.9 Å². The summed E-state index contributed by atoms with van der Waals surface area (Å²) in [7, 11) is 13.7. The number of nitrogens with one attached hydrogen (secondary N) is 6. The van der Waals surface area contributed by atoms with Crippen molar-refractivity contribution in [2.75, 3.05) is 112 Å². The molecule has 12 saturated carbocycles. The van der Waals surface area contributed by atoms with E-state index in [1.165, 1.54) is 43.9 Å². The number of amides is 4. The smallest absolute Gasteiger partial charge is 0.276 e. The first kappa shape index (κ1) is 87.9. The zero-order chi connectivity index (χ0) is 94.8. The molecule has 0 spiro atoms. The summed E-state index contributed by atoms with van der Waals surface area (Å²) in [5.41, 5.74) is 10.1. The standard InChI is InChI=1S/C25H29N7O3.C24H29N7O3.C23H29N9O2.C22H26FN9O2/c1-4-20(33)30-8-15-16(9-30)17(15)10-31-12-18(27-19-11-29(2)28-23(19)35-3)21-22(24(31)34)32(13-26-21)25-5-14(6-25)7-25;1-4-20(32)29-8-15-16(9-29)17(15)10-30-12-18(26-19-11-28(2)27-23(19)34-3)21-22(24(30)33)31(13-25-21)14-6-5-7-14;1-5-17(33)25-15-10-31(9-13(15)2)22-27-19(18-20(28-22)30(3)12-24-18)26-16-11-32(29-21(16)34-4)23-6-14(7-23)8-23;1-4-16(33)25-14-10-31(8-13(14)23)21-27-18(26-15-9-30(2)29-20(15)34-3)17-19(28-21)32(11-24-17)22-5-12(6-22)7-22/h4,11-17,27H,1,5-10H2,2-3H3;4,11-17,26H,1,5-10H2,2-3H3;5,11-15H,1,6-10H2,2-4H3,(H,25,33)(H,26,27,28);4,9,11-14H,1,5-8,10H2,2-3H3,(H,25,33)(H,26,27,28). The second kappa shape index (κ2) is 33.5. The third-order valence-electron chi connectivity index (χ3n) is 31.4. The van der Waals surface area contributed by atoms with E-state index in [2.05, 4.69) is 119 Å². The van der Waals surface area contributed by atoms with Gasteiger partial charge in [-0.05, 0) is 161 Å². The normalized spacial score (nSPS) is 27.0. The number of anilines is 10. The van der Waals surface area contributed by atoms with Gasteiger partial charge in [0.25, 0.3) is 34.6 Å². The van der Waals surface area contributed by atoms with E-state index in [1.54, 1.807) is 73.3 Å². The van der Waals surface area contributed by atoms with Crippen molar-refractivity contribution < 1.29 is 42.5 Å². The summed E-state index contributed by atoms with van der Waals surface area (Å²) in [5.74, 6) is 8.64. The van der Waals surface area contributed by atoms with E-state index in [1.807, 2.05) is 88.3 Å². The zero-order valence-corrected chi connectivity index (χ0v) is 78.1. The van der Waals surface area contributed by atoms with Crippen LogP contribution in [-0.2, 0) is 77.1 Å². The zero-order valence-electron chi connectivity index (χ0n) is 78.1. The summed E-state index contributed by atoms with van der Waals surface area (Å²) in [6, 6.07) is -0.339. The Morgan fingerprint density at radius 3 is 1.36 bits per heavy atom. The predicted molar refractivity (Wildman–Crippen MR) is 507 cm³/mol. The first-order valence-corrected chi connectivity index (χ1v) is 47.1. The van der Waals surface area contributed by atoms with Crippen molar-refractivity contribution in [2.45, 2.75) is 138 Å². The molecule has 12 aromatic heterocycles. The van der Waals surface area contributed by atoms with Crippen LogP contribution in [0.25, 0.3) is 44.4 Å². The molecule has 4 saturated heterocycles. The molecule has 42 nitrogen and oxygen atoms in total. The van der Waals surface area contributed by atoms with E-state index >= 15 is 0 Å². The number of rotatable bonds is 28. The van der Waals surface area contributed by atoms with Crippen LogP contribution in [0, 0.1) is 59.2 Å². The fourth-order valence-electron chi connectivity index (χ4n) is 23.2. The molecule has 12 aliphatic carbocycles. The lowest BCUT2D eigenvalue weighted by atomic mass is 9.49. The molecule has 716 valence electrons. The van der Waals surface area contributed by atoms with Crippen LogP contribution in [-0.4, -0.2) is 239 Å². The van der Waals surface area contributed by atoms with Crippen molar-refractivity contribution in [1.29, 1.82) is 0 Å².